The third-order valence-electron chi connectivity index (χ3n) is 4.71. The maximum absolute atomic E-state index is 12.7. The maximum Gasteiger partial charge on any atom is 0.258 e. The van der Waals surface area contributed by atoms with Crippen LogP contribution in [0.4, 0.5) is 5.95 Å². The van der Waals surface area contributed by atoms with Gasteiger partial charge in [0.05, 0.1) is 37.1 Å². The number of aromatic nitrogens is 2. The zero-order valence-corrected chi connectivity index (χ0v) is 13.7. The van der Waals surface area contributed by atoms with Crippen molar-refractivity contribution >= 4 is 11.9 Å². The van der Waals surface area contributed by atoms with E-state index in [0.717, 1.165) is 24.3 Å². The molecule has 0 saturated carbocycles. The molecule has 1 saturated heterocycles. The minimum Gasteiger partial charge on any atom is -0.378 e. The van der Waals surface area contributed by atoms with Gasteiger partial charge >= 0.3 is 0 Å². The summed E-state index contributed by atoms with van der Waals surface area (Å²) in [4.78, 5) is 25.7. The van der Waals surface area contributed by atoms with E-state index >= 15 is 0 Å². The Labute approximate surface area is 141 Å². The average molecular weight is 324 g/mol. The van der Waals surface area contributed by atoms with E-state index in [1.807, 2.05) is 35.2 Å². The van der Waals surface area contributed by atoms with E-state index in [0.29, 0.717) is 31.3 Å². The van der Waals surface area contributed by atoms with Crippen molar-refractivity contribution in [2.24, 2.45) is 0 Å². The lowest BCUT2D eigenvalue weighted by atomic mass is 10.1. The van der Waals surface area contributed by atoms with Gasteiger partial charge in [0.25, 0.3) is 5.91 Å². The monoisotopic (exact) mass is 324 g/mol. The van der Waals surface area contributed by atoms with Gasteiger partial charge in [-0.1, -0.05) is 30.3 Å². The summed E-state index contributed by atoms with van der Waals surface area (Å²) in [5.41, 5.74) is 2.56. The molecule has 6 heteroatoms. The van der Waals surface area contributed by atoms with Crippen molar-refractivity contribution in [3.8, 4) is 0 Å². The van der Waals surface area contributed by atoms with Crippen LogP contribution in [-0.2, 0) is 11.3 Å². The highest BCUT2D eigenvalue weighted by Crippen LogP contribution is 2.30. The van der Waals surface area contributed by atoms with Gasteiger partial charge in [-0.15, -0.1) is 0 Å². The second kappa shape index (κ2) is 6.20. The molecule has 0 aliphatic carbocycles. The van der Waals surface area contributed by atoms with Gasteiger partial charge in [0.15, 0.2) is 0 Å². The van der Waals surface area contributed by atoms with Crippen molar-refractivity contribution < 1.29 is 9.53 Å². The van der Waals surface area contributed by atoms with Crippen LogP contribution in [0.5, 0.6) is 0 Å². The first kappa shape index (κ1) is 15.1. The second-order valence-electron chi connectivity index (χ2n) is 6.15. The third kappa shape index (κ3) is 2.63. The molecule has 1 fully saturated rings. The van der Waals surface area contributed by atoms with Gasteiger partial charge in [-0.05, 0) is 12.5 Å². The Morgan fingerprint density at radius 1 is 1.17 bits per heavy atom. The maximum atomic E-state index is 12.7. The number of hydrogen-bond acceptors (Lipinski definition) is 5. The standard InChI is InChI=1S/C18H20N4O2/c1-13(14-5-3-2-4-6-14)22-12-16-15(17(22)23)11-19-18(20-16)21-7-9-24-10-8-21/h2-6,11,13H,7-10,12H2,1H3/t13-/m1/s1. The molecule has 0 spiro atoms. The SMILES string of the molecule is C[C@H](c1ccccc1)N1Cc2nc(N3CCOCC3)ncc2C1=O. The minimum absolute atomic E-state index is 0.00915. The Kier molecular flexibility index (Phi) is 3.90. The molecule has 1 amide bonds. The lowest BCUT2D eigenvalue weighted by Gasteiger charge is -2.26. The lowest BCUT2D eigenvalue weighted by Crippen LogP contribution is -2.37. The fourth-order valence-corrected chi connectivity index (χ4v) is 3.23. The molecule has 6 nitrogen and oxygen atoms in total. The van der Waals surface area contributed by atoms with Gasteiger partial charge in [-0.2, -0.15) is 0 Å². The first-order valence-electron chi connectivity index (χ1n) is 8.28. The number of nitrogens with zero attached hydrogens (tertiary/aromatic N) is 4. The minimum atomic E-state index is 0.00915. The molecule has 0 N–H and O–H groups in total. The molecule has 1 aromatic carbocycles. The van der Waals surface area contributed by atoms with Crippen molar-refractivity contribution in [3.05, 3.63) is 53.3 Å². The Balaban J connectivity index is 1.58. The van der Waals surface area contributed by atoms with Crippen LogP contribution < -0.4 is 4.90 Å². The highest BCUT2D eigenvalue weighted by Gasteiger charge is 2.33. The number of ether oxygens (including phenoxy) is 1. The molecule has 0 radical (unpaired) electrons. The lowest BCUT2D eigenvalue weighted by molar-refractivity contribution is 0.0715. The molecule has 24 heavy (non-hydrogen) atoms. The first-order chi connectivity index (χ1) is 11.7. The van der Waals surface area contributed by atoms with Gasteiger partial charge in [-0.25, -0.2) is 9.97 Å². The summed E-state index contributed by atoms with van der Waals surface area (Å²) < 4.78 is 5.37. The number of carbonyl (C=O) groups excluding carboxylic acids is 1. The van der Waals surface area contributed by atoms with Crippen LogP contribution in [0.15, 0.2) is 36.5 Å². The fraction of sp³-hybridized carbons (Fsp3) is 0.389. The summed E-state index contributed by atoms with van der Waals surface area (Å²) in [7, 11) is 0. The number of rotatable bonds is 3. The predicted molar refractivity (Wildman–Crippen MR) is 89.8 cm³/mol. The van der Waals surface area contributed by atoms with Crippen LogP contribution in [0.2, 0.25) is 0 Å². The Hall–Kier alpha value is -2.47. The van der Waals surface area contributed by atoms with Crippen molar-refractivity contribution in [1.29, 1.82) is 0 Å². The number of anilines is 1. The number of carbonyl (C=O) groups is 1. The normalized spacial score (nSPS) is 18.6. The van der Waals surface area contributed by atoms with E-state index in [1.165, 1.54) is 0 Å². The molecule has 2 aliphatic rings. The molecule has 124 valence electrons. The zero-order chi connectivity index (χ0) is 16.5. The summed E-state index contributed by atoms with van der Waals surface area (Å²) in [6.45, 7) is 5.54. The van der Waals surface area contributed by atoms with E-state index in [1.54, 1.807) is 6.20 Å². The Morgan fingerprint density at radius 3 is 2.67 bits per heavy atom. The smallest absolute Gasteiger partial charge is 0.258 e. The second-order valence-corrected chi connectivity index (χ2v) is 6.15. The Bertz CT molecular complexity index is 744. The zero-order valence-electron chi connectivity index (χ0n) is 13.7. The van der Waals surface area contributed by atoms with Gasteiger partial charge in [-0.3, -0.25) is 4.79 Å². The van der Waals surface area contributed by atoms with Crippen molar-refractivity contribution in [3.63, 3.8) is 0 Å². The van der Waals surface area contributed by atoms with E-state index in [9.17, 15) is 4.79 Å². The molecule has 2 aromatic rings. The van der Waals surface area contributed by atoms with Crippen molar-refractivity contribution in [1.82, 2.24) is 14.9 Å². The summed E-state index contributed by atoms with van der Waals surface area (Å²) in [6.07, 6.45) is 1.67. The number of morpholine rings is 1. The highest BCUT2D eigenvalue weighted by atomic mass is 16.5. The van der Waals surface area contributed by atoms with Gasteiger partial charge in [0, 0.05) is 19.3 Å². The summed E-state index contributed by atoms with van der Waals surface area (Å²) in [5, 5.41) is 0. The Morgan fingerprint density at radius 2 is 1.92 bits per heavy atom. The van der Waals surface area contributed by atoms with Crippen molar-refractivity contribution in [2.45, 2.75) is 19.5 Å². The fourth-order valence-electron chi connectivity index (χ4n) is 3.23. The molecule has 1 atom stereocenters. The topological polar surface area (TPSA) is 58.6 Å². The molecule has 3 heterocycles. The average Bonchev–Trinajstić information content (AvgIpc) is 2.99. The molecule has 2 aliphatic heterocycles. The summed E-state index contributed by atoms with van der Waals surface area (Å²) in [6, 6.07) is 10.1. The van der Waals surface area contributed by atoms with E-state index in [2.05, 4.69) is 21.8 Å². The first-order valence-corrected chi connectivity index (χ1v) is 8.28. The molecule has 0 unspecified atom stereocenters. The van der Waals surface area contributed by atoms with E-state index in [-0.39, 0.29) is 11.9 Å². The van der Waals surface area contributed by atoms with Crippen LogP contribution in [0.1, 0.15) is 34.6 Å². The number of hydrogen-bond donors (Lipinski definition) is 0. The summed E-state index contributed by atoms with van der Waals surface area (Å²) in [5.74, 6) is 0.703. The van der Waals surface area contributed by atoms with Gasteiger partial charge in [0.1, 0.15) is 0 Å². The van der Waals surface area contributed by atoms with Gasteiger partial charge in [0.2, 0.25) is 5.95 Å². The van der Waals surface area contributed by atoms with E-state index in [4.69, 9.17) is 4.74 Å². The van der Waals surface area contributed by atoms with E-state index < -0.39 is 0 Å². The number of amides is 1. The largest absolute Gasteiger partial charge is 0.378 e. The van der Waals surface area contributed by atoms with Gasteiger partial charge < -0.3 is 14.5 Å². The molecular formula is C18H20N4O2. The van der Waals surface area contributed by atoms with Crippen molar-refractivity contribution in [2.75, 3.05) is 31.2 Å². The molecule has 0 bridgehead atoms. The quantitative estimate of drug-likeness (QED) is 0.864. The third-order valence-corrected chi connectivity index (χ3v) is 4.71. The highest BCUT2D eigenvalue weighted by molar-refractivity contribution is 5.97. The summed E-state index contributed by atoms with van der Waals surface area (Å²) >= 11 is 0. The van der Waals surface area contributed by atoms with Crippen LogP contribution >= 0.6 is 0 Å². The predicted octanol–water partition coefficient (Wildman–Crippen LogP) is 2.03. The van der Waals surface area contributed by atoms with Crippen LogP contribution in [0, 0.1) is 0 Å². The molecule has 1 aromatic heterocycles. The number of benzene rings is 1. The molecular weight excluding hydrogens is 304 g/mol. The van der Waals surface area contributed by atoms with Crippen LogP contribution in [0.25, 0.3) is 0 Å². The number of fused-ring (bicyclic) bond motifs is 1. The van der Waals surface area contributed by atoms with Crippen LogP contribution in [-0.4, -0.2) is 47.1 Å². The molecule has 4 rings (SSSR count). The van der Waals surface area contributed by atoms with Crippen LogP contribution in [0.3, 0.4) is 0 Å².